The van der Waals surface area contributed by atoms with E-state index in [0.717, 1.165) is 22.1 Å². The third-order valence-corrected chi connectivity index (χ3v) is 7.63. The number of aryl methyl sites for hydroxylation is 1. The third-order valence-electron chi connectivity index (χ3n) is 6.87. The van der Waals surface area contributed by atoms with Crippen LogP contribution in [0, 0.1) is 0 Å². The monoisotopic (exact) mass is 516 g/mol. The molecule has 37 heavy (non-hydrogen) atoms. The van der Waals surface area contributed by atoms with Crippen LogP contribution >= 0.6 is 11.3 Å². The summed E-state index contributed by atoms with van der Waals surface area (Å²) >= 11 is 1.28. The number of benzene rings is 2. The number of aromatic nitrogens is 2. The molecule has 4 heterocycles. The lowest BCUT2D eigenvalue weighted by Gasteiger charge is -2.45. The molecule has 1 saturated heterocycles. The Labute approximate surface area is 216 Å². The fourth-order valence-corrected chi connectivity index (χ4v) is 5.48. The largest absolute Gasteiger partial charge is 0.379 e. The van der Waals surface area contributed by atoms with Gasteiger partial charge < -0.3 is 24.7 Å². The molecule has 0 unspecified atom stereocenters. The Hall–Kier alpha value is -3.86. The first-order valence-electron chi connectivity index (χ1n) is 11.8. The SMILES string of the molecule is Cn1ccc2ccc(-c3csc(NC(=O)CNC(=O)c4ccc5c(c4)C4(COC5)COC4)n3)cc2c1=O. The van der Waals surface area contributed by atoms with Crippen molar-refractivity contribution in [3.63, 3.8) is 0 Å². The van der Waals surface area contributed by atoms with Crippen LogP contribution in [0.5, 0.6) is 0 Å². The molecule has 0 radical (unpaired) electrons. The van der Waals surface area contributed by atoms with E-state index in [4.69, 9.17) is 9.47 Å². The van der Waals surface area contributed by atoms with E-state index in [2.05, 4.69) is 15.6 Å². The Morgan fingerprint density at radius 3 is 2.76 bits per heavy atom. The highest BCUT2D eigenvalue weighted by Crippen LogP contribution is 2.39. The van der Waals surface area contributed by atoms with Gasteiger partial charge in [-0.25, -0.2) is 4.98 Å². The van der Waals surface area contributed by atoms with E-state index in [-0.39, 0.29) is 29.3 Å². The lowest BCUT2D eigenvalue weighted by molar-refractivity contribution is -0.115. The van der Waals surface area contributed by atoms with Crippen LogP contribution in [-0.2, 0) is 33.3 Å². The van der Waals surface area contributed by atoms with Gasteiger partial charge in [-0.3, -0.25) is 14.4 Å². The summed E-state index contributed by atoms with van der Waals surface area (Å²) in [7, 11) is 1.71. The van der Waals surface area contributed by atoms with Crippen LogP contribution in [0.25, 0.3) is 22.0 Å². The molecule has 4 aromatic rings. The molecule has 1 fully saturated rings. The zero-order valence-corrected chi connectivity index (χ0v) is 20.9. The van der Waals surface area contributed by atoms with Gasteiger partial charge in [0.25, 0.3) is 11.5 Å². The van der Waals surface area contributed by atoms with Gasteiger partial charge in [0, 0.05) is 35.1 Å². The van der Waals surface area contributed by atoms with E-state index in [0.29, 0.717) is 48.2 Å². The quantitative estimate of drug-likeness (QED) is 0.422. The van der Waals surface area contributed by atoms with E-state index >= 15 is 0 Å². The van der Waals surface area contributed by atoms with Crippen LogP contribution in [-0.4, -0.2) is 47.7 Å². The minimum Gasteiger partial charge on any atom is -0.379 e. The van der Waals surface area contributed by atoms with Crippen LogP contribution in [0.4, 0.5) is 5.13 Å². The maximum absolute atomic E-state index is 12.8. The normalized spacial score (nSPS) is 15.7. The number of ether oxygens (including phenoxy) is 2. The van der Waals surface area contributed by atoms with E-state index in [9.17, 15) is 14.4 Å². The van der Waals surface area contributed by atoms with Crippen molar-refractivity contribution >= 4 is 39.1 Å². The Morgan fingerprint density at radius 1 is 1.11 bits per heavy atom. The molecule has 0 saturated carbocycles. The van der Waals surface area contributed by atoms with Crippen molar-refractivity contribution in [3.8, 4) is 11.3 Å². The average Bonchev–Trinajstić information content (AvgIpc) is 3.36. The number of nitrogens with zero attached hydrogens (tertiary/aromatic N) is 2. The van der Waals surface area contributed by atoms with Crippen molar-refractivity contribution < 1.29 is 19.1 Å². The summed E-state index contributed by atoms with van der Waals surface area (Å²) in [6.45, 7) is 2.08. The number of hydrogen-bond donors (Lipinski definition) is 2. The third kappa shape index (κ3) is 4.33. The first kappa shape index (κ1) is 23.5. The number of nitrogens with one attached hydrogen (secondary N) is 2. The van der Waals surface area contributed by atoms with Gasteiger partial charge in [-0.2, -0.15) is 0 Å². The van der Waals surface area contributed by atoms with Crippen molar-refractivity contribution in [2.75, 3.05) is 31.7 Å². The number of fused-ring (bicyclic) bond motifs is 3. The first-order valence-corrected chi connectivity index (χ1v) is 12.7. The maximum atomic E-state index is 12.8. The van der Waals surface area contributed by atoms with Crippen LogP contribution in [0.15, 0.2) is 58.8 Å². The fraction of sp³-hybridized carbons (Fsp3) is 0.259. The Balaban J connectivity index is 1.10. The summed E-state index contributed by atoms with van der Waals surface area (Å²) in [6.07, 6.45) is 1.74. The predicted molar refractivity (Wildman–Crippen MR) is 140 cm³/mol. The highest BCUT2D eigenvalue weighted by molar-refractivity contribution is 7.14. The van der Waals surface area contributed by atoms with E-state index in [1.165, 1.54) is 15.9 Å². The molecule has 9 nitrogen and oxygen atoms in total. The van der Waals surface area contributed by atoms with Gasteiger partial charge in [0.1, 0.15) is 0 Å². The highest BCUT2D eigenvalue weighted by Gasteiger charge is 2.44. The first-order chi connectivity index (χ1) is 17.9. The summed E-state index contributed by atoms with van der Waals surface area (Å²) in [5.74, 6) is -0.700. The number of anilines is 1. The molecule has 2 aromatic heterocycles. The summed E-state index contributed by atoms with van der Waals surface area (Å²) in [4.78, 5) is 42.2. The zero-order valence-electron chi connectivity index (χ0n) is 20.1. The number of carbonyl (C=O) groups excluding carboxylic acids is 2. The molecular formula is C27H24N4O5S. The average molecular weight is 517 g/mol. The molecule has 6 rings (SSSR count). The van der Waals surface area contributed by atoms with Gasteiger partial charge in [0.2, 0.25) is 5.91 Å². The minimum absolute atomic E-state index is 0.0812. The van der Waals surface area contributed by atoms with Crippen molar-refractivity contribution in [2.24, 2.45) is 7.05 Å². The van der Waals surface area contributed by atoms with Crippen LogP contribution in [0.2, 0.25) is 0 Å². The highest BCUT2D eigenvalue weighted by atomic mass is 32.1. The van der Waals surface area contributed by atoms with Gasteiger partial charge in [-0.15, -0.1) is 11.3 Å². The van der Waals surface area contributed by atoms with Gasteiger partial charge in [-0.1, -0.05) is 18.2 Å². The zero-order chi connectivity index (χ0) is 25.6. The number of hydrogen-bond acceptors (Lipinski definition) is 7. The standard InChI is InChI=1S/C27H24N4O5S/c1-31-7-6-16-2-3-17(8-20(16)25(31)34)22-12-37-26(29-22)30-23(32)10-28-24(33)18-4-5-19-11-35-13-27(14-36-15-27)21(19)9-18/h2-9,12H,10-11,13-15H2,1H3,(H,28,33)(H,29,30,32). The molecule has 2 N–H and O–H groups in total. The lowest BCUT2D eigenvalue weighted by Crippen LogP contribution is -2.52. The summed E-state index contributed by atoms with van der Waals surface area (Å²) in [6, 6.07) is 13.0. The lowest BCUT2D eigenvalue weighted by atomic mass is 9.75. The summed E-state index contributed by atoms with van der Waals surface area (Å²) < 4.78 is 12.6. The smallest absolute Gasteiger partial charge is 0.258 e. The van der Waals surface area contributed by atoms with Crippen molar-refractivity contribution in [1.29, 1.82) is 0 Å². The van der Waals surface area contributed by atoms with Crippen molar-refractivity contribution in [2.45, 2.75) is 12.0 Å². The molecule has 2 aliphatic rings. The van der Waals surface area contributed by atoms with Crippen LogP contribution in [0.3, 0.4) is 0 Å². The Kier molecular flexibility index (Phi) is 5.86. The second-order valence-electron chi connectivity index (χ2n) is 9.44. The molecule has 10 heteroatoms. The number of thiazole rings is 1. The number of amides is 2. The number of pyridine rings is 1. The molecule has 2 aliphatic heterocycles. The molecule has 0 atom stereocenters. The van der Waals surface area contributed by atoms with Gasteiger partial charge >= 0.3 is 0 Å². The molecule has 2 amide bonds. The molecular weight excluding hydrogens is 492 g/mol. The number of carbonyl (C=O) groups is 2. The van der Waals surface area contributed by atoms with Crippen LogP contribution < -0.4 is 16.2 Å². The van der Waals surface area contributed by atoms with E-state index in [1.54, 1.807) is 19.3 Å². The maximum Gasteiger partial charge on any atom is 0.258 e. The fourth-order valence-electron chi connectivity index (χ4n) is 4.74. The Bertz CT molecular complexity index is 1600. The van der Waals surface area contributed by atoms with Crippen molar-refractivity contribution in [1.82, 2.24) is 14.9 Å². The molecule has 0 bridgehead atoms. The van der Waals surface area contributed by atoms with Crippen molar-refractivity contribution in [3.05, 3.63) is 81.1 Å². The minimum atomic E-state index is -0.378. The molecule has 188 valence electrons. The van der Waals surface area contributed by atoms with E-state index < -0.39 is 0 Å². The molecule has 2 aromatic carbocycles. The van der Waals surface area contributed by atoms with Gasteiger partial charge in [0.15, 0.2) is 5.13 Å². The topological polar surface area (TPSA) is 112 Å². The Morgan fingerprint density at radius 2 is 1.95 bits per heavy atom. The molecule has 0 aliphatic carbocycles. The molecule has 1 spiro atoms. The van der Waals surface area contributed by atoms with Gasteiger partial charge in [-0.05, 0) is 40.8 Å². The predicted octanol–water partition coefficient (Wildman–Crippen LogP) is 2.83. The number of rotatable bonds is 5. The van der Waals surface area contributed by atoms with Gasteiger partial charge in [0.05, 0.1) is 44.1 Å². The second kappa shape index (κ2) is 9.22. The second-order valence-corrected chi connectivity index (χ2v) is 10.3. The van der Waals surface area contributed by atoms with E-state index in [1.807, 2.05) is 41.8 Å². The van der Waals surface area contributed by atoms with Crippen LogP contribution in [0.1, 0.15) is 21.5 Å². The summed E-state index contributed by atoms with van der Waals surface area (Å²) in [5.41, 5.74) is 3.83. The summed E-state index contributed by atoms with van der Waals surface area (Å²) in [5, 5.41) is 9.11.